The molecule has 0 radical (unpaired) electrons. The Morgan fingerprint density at radius 2 is 1.79 bits per heavy atom. The van der Waals surface area contributed by atoms with Gasteiger partial charge in [0.25, 0.3) is 5.91 Å². The van der Waals surface area contributed by atoms with Gasteiger partial charge in [-0.1, -0.05) is 24.3 Å². The number of aromatic nitrogens is 3. The van der Waals surface area contributed by atoms with E-state index in [4.69, 9.17) is 0 Å². The summed E-state index contributed by atoms with van der Waals surface area (Å²) in [5.41, 5.74) is 4.79. The molecule has 0 aliphatic heterocycles. The Bertz CT molecular complexity index is 1090. The molecular formula is C24H26N4O. The minimum atomic E-state index is 0.0791. The predicted molar refractivity (Wildman–Crippen MR) is 111 cm³/mol. The summed E-state index contributed by atoms with van der Waals surface area (Å²) in [6, 6.07) is 9.37. The average molecular weight is 386 g/mol. The van der Waals surface area contributed by atoms with Crippen molar-refractivity contribution in [3.8, 4) is 0 Å². The molecule has 0 bridgehead atoms. The van der Waals surface area contributed by atoms with E-state index in [1.807, 2.05) is 10.6 Å². The number of carbonyl (C=O) groups excluding carboxylic acids is 1. The number of carbonyl (C=O) groups is 1. The third-order valence-corrected chi connectivity index (χ3v) is 6.95. The first-order valence-electron chi connectivity index (χ1n) is 10.9. The second-order valence-electron chi connectivity index (χ2n) is 9.09. The molecule has 3 aromatic rings. The summed E-state index contributed by atoms with van der Waals surface area (Å²) >= 11 is 0. The molecule has 148 valence electrons. The van der Waals surface area contributed by atoms with Crippen LogP contribution in [0.3, 0.4) is 0 Å². The maximum atomic E-state index is 13.6. The van der Waals surface area contributed by atoms with Crippen LogP contribution >= 0.6 is 0 Å². The van der Waals surface area contributed by atoms with Crippen molar-refractivity contribution in [3.63, 3.8) is 0 Å². The molecule has 3 saturated carbocycles. The number of rotatable bonds is 5. The summed E-state index contributed by atoms with van der Waals surface area (Å²) in [7, 11) is 0. The van der Waals surface area contributed by atoms with E-state index in [-0.39, 0.29) is 5.91 Å². The van der Waals surface area contributed by atoms with E-state index in [2.05, 4.69) is 52.3 Å². The highest BCUT2D eigenvalue weighted by Gasteiger charge is 2.45. The van der Waals surface area contributed by atoms with Gasteiger partial charge in [-0.2, -0.15) is 0 Å². The van der Waals surface area contributed by atoms with Crippen molar-refractivity contribution in [1.82, 2.24) is 19.3 Å². The van der Waals surface area contributed by atoms with Gasteiger partial charge in [-0.3, -0.25) is 9.20 Å². The number of hydrogen-bond donors (Lipinski definition) is 0. The molecule has 1 amide bonds. The summed E-state index contributed by atoms with van der Waals surface area (Å²) in [6.07, 6.45) is 12.6. The van der Waals surface area contributed by atoms with Gasteiger partial charge in [-0.25, -0.2) is 9.97 Å². The molecule has 3 aliphatic carbocycles. The lowest BCUT2D eigenvalue weighted by molar-refractivity contribution is 0.0503. The molecular weight excluding hydrogens is 360 g/mol. The van der Waals surface area contributed by atoms with Crippen LogP contribution in [0, 0.1) is 6.92 Å². The Kier molecular flexibility index (Phi) is 3.80. The fourth-order valence-corrected chi connectivity index (χ4v) is 4.90. The molecule has 0 spiro atoms. The lowest BCUT2D eigenvalue weighted by Crippen LogP contribution is -2.49. The number of aryl methyl sites for hydroxylation is 1. The van der Waals surface area contributed by atoms with Crippen LogP contribution in [0.4, 0.5) is 0 Å². The van der Waals surface area contributed by atoms with Crippen LogP contribution in [0.15, 0.2) is 42.9 Å². The normalized spacial score (nSPS) is 23.8. The van der Waals surface area contributed by atoms with Crippen molar-refractivity contribution in [2.75, 3.05) is 0 Å². The highest BCUT2D eigenvalue weighted by Crippen LogP contribution is 2.45. The Labute approximate surface area is 170 Å². The molecule has 29 heavy (non-hydrogen) atoms. The molecule has 5 heteroatoms. The molecule has 0 unspecified atom stereocenters. The fraction of sp³-hybridized carbons (Fsp3) is 0.458. The summed E-state index contributed by atoms with van der Waals surface area (Å²) in [4.78, 5) is 24.7. The van der Waals surface area contributed by atoms with E-state index in [0.29, 0.717) is 29.7 Å². The lowest BCUT2D eigenvalue weighted by Gasteiger charge is -2.43. The minimum Gasteiger partial charge on any atom is -0.330 e. The van der Waals surface area contributed by atoms with Gasteiger partial charge in [-0.15, -0.1) is 0 Å². The number of hydrogen-bond acceptors (Lipinski definition) is 3. The number of fused-ring (bicyclic) bond motifs is 1. The molecule has 0 saturated heterocycles. The largest absolute Gasteiger partial charge is 0.330 e. The van der Waals surface area contributed by atoms with Gasteiger partial charge in [0, 0.05) is 24.5 Å². The Morgan fingerprint density at radius 3 is 2.52 bits per heavy atom. The lowest BCUT2D eigenvalue weighted by atomic mass is 9.73. The standard InChI is InChI=1S/C24H26N4O/c1-15-4-2-3-5-21(15)17-10-20(11-17)28(19-8-9-19)24(29)23-26-13-22-25-12-18(14-27(22)23)16-6-7-16/h2-5,12-14,16-17,19-20H,6-11H2,1H3. The SMILES string of the molecule is Cc1ccccc1C1CC(N(C(=O)c2ncc3ncc(C4CC4)cn23)C2CC2)C1. The van der Waals surface area contributed by atoms with Crippen molar-refractivity contribution in [1.29, 1.82) is 0 Å². The predicted octanol–water partition coefficient (Wildman–Crippen LogP) is 4.47. The maximum Gasteiger partial charge on any atom is 0.290 e. The summed E-state index contributed by atoms with van der Waals surface area (Å²) in [5, 5.41) is 0. The monoisotopic (exact) mass is 386 g/mol. The van der Waals surface area contributed by atoms with Gasteiger partial charge in [0.1, 0.15) is 0 Å². The summed E-state index contributed by atoms with van der Waals surface area (Å²) in [5.74, 6) is 1.78. The molecule has 0 N–H and O–H groups in total. The van der Waals surface area contributed by atoms with Gasteiger partial charge >= 0.3 is 0 Å². The third kappa shape index (κ3) is 2.95. The molecule has 3 fully saturated rings. The highest BCUT2D eigenvalue weighted by atomic mass is 16.2. The quantitative estimate of drug-likeness (QED) is 0.650. The van der Waals surface area contributed by atoms with E-state index in [1.54, 1.807) is 6.20 Å². The molecule has 6 rings (SSSR count). The smallest absolute Gasteiger partial charge is 0.290 e. The zero-order chi connectivity index (χ0) is 19.5. The van der Waals surface area contributed by atoms with E-state index in [9.17, 15) is 4.79 Å². The molecule has 0 atom stereocenters. The first-order chi connectivity index (χ1) is 14.2. The zero-order valence-electron chi connectivity index (χ0n) is 16.8. The topological polar surface area (TPSA) is 50.5 Å². The van der Waals surface area contributed by atoms with Gasteiger partial charge in [0.15, 0.2) is 5.65 Å². The average Bonchev–Trinajstić information content (AvgIpc) is 3.62. The zero-order valence-corrected chi connectivity index (χ0v) is 16.8. The first kappa shape index (κ1) is 17.2. The summed E-state index contributed by atoms with van der Waals surface area (Å²) in [6.45, 7) is 2.19. The molecule has 5 nitrogen and oxygen atoms in total. The molecule has 2 heterocycles. The number of benzene rings is 1. The van der Waals surface area contributed by atoms with E-state index in [1.165, 1.54) is 29.5 Å². The van der Waals surface area contributed by atoms with Crippen LogP contribution in [0.1, 0.15) is 77.7 Å². The Hall–Kier alpha value is -2.69. The van der Waals surface area contributed by atoms with E-state index in [0.717, 1.165) is 31.3 Å². The molecule has 3 aliphatic rings. The van der Waals surface area contributed by atoms with Crippen LogP contribution in [0.5, 0.6) is 0 Å². The second-order valence-corrected chi connectivity index (χ2v) is 9.09. The van der Waals surface area contributed by atoms with Gasteiger partial charge < -0.3 is 4.90 Å². The van der Waals surface area contributed by atoms with Crippen LogP contribution < -0.4 is 0 Å². The third-order valence-electron chi connectivity index (χ3n) is 6.95. The fourth-order valence-electron chi connectivity index (χ4n) is 4.90. The second kappa shape index (κ2) is 6.41. The number of amides is 1. The van der Waals surface area contributed by atoms with Gasteiger partial charge in [-0.05, 0) is 74.0 Å². The van der Waals surface area contributed by atoms with Crippen molar-refractivity contribution in [2.24, 2.45) is 0 Å². The highest BCUT2D eigenvalue weighted by molar-refractivity contribution is 5.92. The van der Waals surface area contributed by atoms with Crippen molar-refractivity contribution in [3.05, 3.63) is 65.4 Å². The van der Waals surface area contributed by atoms with E-state index >= 15 is 0 Å². The van der Waals surface area contributed by atoms with Gasteiger partial charge in [0.05, 0.1) is 6.20 Å². The van der Waals surface area contributed by atoms with Crippen molar-refractivity contribution >= 4 is 11.6 Å². The minimum absolute atomic E-state index is 0.0791. The van der Waals surface area contributed by atoms with Crippen LogP contribution in [0.25, 0.3) is 5.65 Å². The number of nitrogens with zero attached hydrogens (tertiary/aromatic N) is 4. The first-order valence-corrected chi connectivity index (χ1v) is 10.9. The van der Waals surface area contributed by atoms with Crippen LogP contribution in [-0.2, 0) is 0 Å². The number of imidazole rings is 1. The Balaban J connectivity index is 1.26. The molecule has 2 aromatic heterocycles. The maximum absolute atomic E-state index is 13.6. The molecule has 1 aromatic carbocycles. The summed E-state index contributed by atoms with van der Waals surface area (Å²) < 4.78 is 1.92. The van der Waals surface area contributed by atoms with Gasteiger partial charge in [0.2, 0.25) is 5.82 Å². The van der Waals surface area contributed by atoms with Crippen molar-refractivity contribution < 1.29 is 4.79 Å². The van der Waals surface area contributed by atoms with Crippen molar-refractivity contribution in [2.45, 2.75) is 69.4 Å². The van der Waals surface area contributed by atoms with Crippen LogP contribution in [0.2, 0.25) is 0 Å². The van der Waals surface area contributed by atoms with E-state index < -0.39 is 0 Å². The Morgan fingerprint density at radius 1 is 1.00 bits per heavy atom. The van der Waals surface area contributed by atoms with Crippen LogP contribution in [-0.4, -0.2) is 37.3 Å².